The van der Waals surface area contributed by atoms with E-state index < -0.39 is 0 Å². The second-order valence-electron chi connectivity index (χ2n) is 16.5. The molecule has 0 spiro atoms. The van der Waals surface area contributed by atoms with Gasteiger partial charge in [-0.3, -0.25) is 0 Å². The summed E-state index contributed by atoms with van der Waals surface area (Å²) in [5.74, 6) is 0. The van der Waals surface area contributed by atoms with E-state index in [1.165, 1.54) is 93.5 Å². The number of nitrogens with zero attached hydrogens (tertiary/aromatic N) is 1. The molecule has 1 heteroatoms. The van der Waals surface area contributed by atoms with E-state index in [9.17, 15) is 0 Å². The number of benzene rings is 10. The van der Waals surface area contributed by atoms with E-state index >= 15 is 0 Å². The van der Waals surface area contributed by atoms with Crippen molar-refractivity contribution in [1.82, 2.24) is 0 Å². The fraction of sp³-hybridized carbons (Fsp3) is 0.0690. The minimum atomic E-state index is -0.111. The van der Waals surface area contributed by atoms with Crippen LogP contribution in [0, 0.1) is 6.92 Å². The highest BCUT2D eigenvalue weighted by Gasteiger charge is 2.36. The Morgan fingerprint density at radius 1 is 0.339 bits per heavy atom. The van der Waals surface area contributed by atoms with Crippen LogP contribution >= 0.6 is 0 Å². The van der Waals surface area contributed by atoms with Crippen molar-refractivity contribution >= 4 is 49.4 Å². The first-order valence-electron chi connectivity index (χ1n) is 20.7. The molecule has 0 aliphatic heterocycles. The second-order valence-corrected chi connectivity index (χ2v) is 16.5. The van der Waals surface area contributed by atoms with Gasteiger partial charge in [0.05, 0.1) is 0 Å². The van der Waals surface area contributed by atoms with Crippen molar-refractivity contribution in [3.8, 4) is 44.5 Å². The van der Waals surface area contributed by atoms with Gasteiger partial charge in [0.1, 0.15) is 0 Å². The lowest BCUT2D eigenvalue weighted by molar-refractivity contribution is 0.660. The number of fused-ring (bicyclic) bond motifs is 9. The first-order chi connectivity index (χ1) is 29.0. The standard InChI is InChI=1S/C58H43N/c1-38-27-29-42(30-28-38)59(44-31-33-47-46-24-15-16-26-53(46)58(2,3)54(47)36-44)43-32-34-49-52(35-43)45-23-13-14-25-48(45)56-51(40-19-9-5-10-20-40)37-50(39-17-7-4-8-18-39)55(57(49)56)41-21-11-6-12-22-41/h4-37H,1-3H3. The highest BCUT2D eigenvalue weighted by Crippen LogP contribution is 2.52. The molecule has 10 aromatic rings. The van der Waals surface area contributed by atoms with Gasteiger partial charge in [0, 0.05) is 22.5 Å². The molecule has 59 heavy (non-hydrogen) atoms. The quantitative estimate of drug-likeness (QED) is 0.153. The van der Waals surface area contributed by atoms with E-state index in [1.807, 2.05) is 0 Å². The first-order valence-corrected chi connectivity index (χ1v) is 20.7. The maximum absolute atomic E-state index is 2.45. The van der Waals surface area contributed by atoms with E-state index in [0.29, 0.717) is 0 Å². The van der Waals surface area contributed by atoms with Gasteiger partial charge >= 0.3 is 0 Å². The average molecular weight is 754 g/mol. The Labute approximate surface area is 346 Å². The summed E-state index contributed by atoms with van der Waals surface area (Å²) in [6.45, 7) is 6.89. The summed E-state index contributed by atoms with van der Waals surface area (Å²) in [7, 11) is 0. The Morgan fingerprint density at radius 3 is 1.58 bits per heavy atom. The van der Waals surface area contributed by atoms with Crippen LogP contribution in [0.1, 0.15) is 30.5 Å². The van der Waals surface area contributed by atoms with Crippen LogP contribution < -0.4 is 4.90 Å². The average Bonchev–Trinajstić information content (AvgIpc) is 3.52. The molecule has 0 unspecified atom stereocenters. The predicted octanol–water partition coefficient (Wildman–Crippen LogP) is 16.2. The van der Waals surface area contributed by atoms with Gasteiger partial charge in [-0.05, 0) is 137 Å². The normalized spacial score (nSPS) is 12.8. The highest BCUT2D eigenvalue weighted by atomic mass is 15.1. The number of anilines is 3. The van der Waals surface area contributed by atoms with E-state index in [0.717, 1.165) is 17.1 Å². The topological polar surface area (TPSA) is 3.24 Å². The van der Waals surface area contributed by atoms with Crippen LogP contribution in [0.2, 0.25) is 0 Å². The zero-order valence-corrected chi connectivity index (χ0v) is 33.6. The molecule has 0 atom stereocenters. The third kappa shape index (κ3) is 5.61. The third-order valence-electron chi connectivity index (χ3n) is 12.7. The fourth-order valence-corrected chi connectivity index (χ4v) is 9.85. The summed E-state index contributed by atoms with van der Waals surface area (Å²) in [6.07, 6.45) is 0. The lowest BCUT2D eigenvalue weighted by atomic mass is 9.81. The van der Waals surface area contributed by atoms with Gasteiger partial charge in [-0.25, -0.2) is 0 Å². The summed E-state index contributed by atoms with van der Waals surface area (Å²) in [5, 5.41) is 7.53. The van der Waals surface area contributed by atoms with E-state index in [1.54, 1.807) is 0 Å². The minimum absolute atomic E-state index is 0.111. The van der Waals surface area contributed by atoms with Gasteiger partial charge in [-0.1, -0.05) is 183 Å². The molecule has 0 aromatic heterocycles. The molecule has 280 valence electrons. The largest absolute Gasteiger partial charge is 0.310 e. The van der Waals surface area contributed by atoms with Gasteiger partial charge in [0.25, 0.3) is 0 Å². The Balaban J connectivity index is 1.24. The van der Waals surface area contributed by atoms with E-state index in [2.05, 4.69) is 232 Å². The van der Waals surface area contributed by atoms with Crippen molar-refractivity contribution < 1.29 is 0 Å². The smallest absolute Gasteiger partial charge is 0.0468 e. The monoisotopic (exact) mass is 753 g/mol. The molecule has 10 aromatic carbocycles. The van der Waals surface area contributed by atoms with Crippen molar-refractivity contribution in [3.63, 3.8) is 0 Å². The molecule has 0 amide bonds. The molecule has 1 aliphatic rings. The van der Waals surface area contributed by atoms with E-state index in [4.69, 9.17) is 0 Å². The summed E-state index contributed by atoms with van der Waals surface area (Å²) in [5.41, 5.74) is 17.3. The zero-order chi connectivity index (χ0) is 39.7. The van der Waals surface area contributed by atoms with E-state index in [-0.39, 0.29) is 5.41 Å². The SMILES string of the molecule is Cc1ccc(N(c2ccc3c(c2)C(C)(C)c2ccccc2-3)c2ccc3c(c2)c2ccccc2c2c(-c4ccccc4)cc(-c4ccccc4)c(-c4ccccc4)c32)cc1. The highest BCUT2D eigenvalue weighted by molar-refractivity contribution is 6.33. The van der Waals surface area contributed by atoms with Gasteiger partial charge in [-0.2, -0.15) is 0 Å². The molecule has 0 heterocycles. The van der Waals surface area contributed by atoms with Crippen LogP contribution in [-0.4, -0.2) is 0 Å². The molecule has 0 saturated heterocycles. The Kier molecular flexibility index (Phi) is 8.13. The molecule has 1 nitrogen and oxygen atoms in total. The predicted molar refractivity (Wildman–Crippen MR) is 252 cm³/mol. The number of hydrogen-bond acceptors (Lipinski definition) is 1. The van der Waals surface area contributed by atoms with Crippen molar-refractivity contribution in [1.29, 1.82) is 0 Å². The molecule has 0 saturated carbocycles. The zero-order valence-electron chi connectivity index (χ0n) is 33.6. The van der Waals surface area contributed by atoms with Crippen LogP contribution in [0.3, 0.4) is 0 Å². The summed E-state index contributed by atoms with van der Waals surface area (Å²) in [4.78, 5) is 2.45. The molecule has 0 bridgehead atoms. The van der Waals surface area contributed by atoms with Gasteiger partial charge in [0.2, 0.25) is 0 Å². The maximum atomic E-state index is 2.45. The van der Waals surface area contributed by atoms with Crippen LogP contribution in [0.5, 0.6) is 0 Å². The molecule has 0 fully saturated rings. The molecular formula is C58H43N. The molecular weight excluding hydrogens is 711 g/mol. The third-order valence-corrected chi connectivity index (χ3v) is 12.7. The van der Waals surface area contributed by atoms with Crippen molar-refractivity contribution in [2.45, 2.75) is 26.2 Å². The molecule has 0 radical (unpaired) electrons. The van der Waals surface area contributed by atoms with Crippen LogP contribution in [0.25, 0.3) is 76.8 Å². The lowest BCUT2D eigenvalue weighted by Gasteiger charge is -2.29. The van der Waals surface area contributed by atoms with Crippen LogP contribution in [0.15, 0.2) is 206 Å². The molecule has 0 N–H and O–H groups in total. The summed E-state index contributed by atoms with van der Waals surface area (Å²) < 4.78 is 0. The fourth-order valence-electron chi connectivity index (χ4n) is 9.85. The number of aryl methyl sites for hydroxylation is 1. The summed E-state index contributed by atoms with van der Waals surface area (Å²) in [6, 6.07) is 76.4. The van der Waals surface area contributed by atoms with Gasteiger partial charge in [0.15, 0.2) is 0 Å². The van der Waals surface area contributed by atoms with Crippen molar-refractivity contribution in [2.24, 2.45) is 0 Å². The maximum Gasteiger partial charge on any atom is 0.0468 e. The Morgan fingerprint density at radius 2 is 0.864 bits per heavy atom. The lowest BCUT2D eigenvalue weighted by Crippen LogP contribution is -2.16. The summed E-state index contributed by atoms with van der Waals surface area (Å²) >= 11 is 0. The Bertz CT molecular complexity index is 3220. The van der Waals surface area contributed by atoms with Crippen molar-refractivity contribution in [3.05, 3.63) is 223 Å². The number of rotatable bonds is 6. The van der Waals surface area contributed by atoms with Crippen LogP contribution in [-0.2, 0) is 5.41 Å². The minimum Gasteiger partial charge on any atom is -0.310 e. The van der Waals surface area contributed by atoms with Gasteiger partial charge in [-0.15, -0.1) is 0 Å². The first kappa shape index (κ1) is 35.0. The van der Waals surface area contributed by atoms with Gasteiger partial charge < -0.3 is 4.90 Å². The Hall–Kier alpha value is -7.22. The van der Waals surface area contributed by atoms with Crippen molar-refractivity contribution in [2.75, 3.05) is 4.90 Å². The van der Waals surface area contributed by atoms with Crippen LogP contribution in [0.4, 0.5) is 17.1 Å². The molecule has 11 rings (SSSR count). The second kappa shape index (κ2) is 13.7. The number of hydrogen-bond donors (Lipinski definition) is 0. The molecule has 1 aliphatic carbocycles.